The first-order valence-electron chi connectivity index (χ1n) is 6.64. The fourth-order valence-corrected chi connectivity index (χ4v) is 2.46. The molecule has 0 bridgehead atoms. The predicted molar refractivity (Wildman–Crippen MR) is 71.4 cm³/mol. The summed E-state index contributed by atoms with van der Waals surface area (Å²) in [6.07, 6.45) is -1.88. The van der Waals surface area contributed by atoms with Gasteiger partial charge in [-0.05, 0) is 49.9 Å². The van der Waals surface area contributed by atoms with Gasteiger partial charge in [-0.15, -0.1) is 0 Å². The van der Waals surface area contributed by atoms with E-state index >= 15 is 0 Å². The summed E-state index contributed by atoms with van der Waals surface area (Å²) in [7, 11) is 1.00. The van der Waals surface area contributed by atoms with Crippen LogP contribution in [0.2, 0.25) is 0 Å². The van der Waals surface area contributed by atoms with Gasteiger partial charge in [0.1, 0.15) is 5.69 Å². The summed E-state index contributed by atoms with van der Waals surface area (Å²) >= 11 is 0. The fourth-order valence-electron chi connectivity index (χ4n) is 2.46. The van der Waals surface area contributed by atoms with Crippen LogP contribution in [0.4, 0.5) is 18.9 Å². The van der Waals surface area contributed by atoms with Crippen molar-refractivity contribution in [3.05, 3.63) is 29.3 Å². The van der Waals surface area contributed by atoms with Crippen molar-refractivity contribution < 1.29 is 24.0 Å². The zero-order valence-corrected chi connectivity index (χ0v) is 11.6. The van der Waals surface area contributed by atoms with Crippen LogP contribution in [0.1, 0.15) is 24.0 Å². The summed E-state index contributed by atoms with van der Waals surface area (Å²) in [5, 5.41) is 10.2. The maximum absolute atomic E-state index is 12.9. The Morgan fingerprint density at radius 1 is 1.25 bits per heavy atom. The summed E-state index contributed by atoms with van der Waals surface area (Å²) < 4.78 is 38.8. The molecule has 1 fully saturated rings. The van der Waals surface area contributed by atoms with Crippen LogP contribution < -0.4 is 11.1 Å². The van der Waals surface area contributed by atoms with Gasteiger partial charge in [0, 0.05) is 13.2 Å². The maximum atomic E-state index is 12.9. The van der Waals surface area contributed by atoms with E-state index in [0.29, 0.717) is 23.6 Å². The lowest BCUT2D eigenvalue weighted by molar-refractivity contribution is -0.255. The third-order valence-corrected chi connectivity index (χ3v) is 3.45. The van der Waals surface area contributed by atoms with Gasteiger partial charge >= 0.3 is 6.18 Å². The number of hydrogen-bond acceptors (Lipinski definition) is 2. The number of aliphatic hydroxyl groups excluding tert-OH is 1. The number of nitrogens with one attached hydrogen (secondary N) is 1. The predicted octanol–water partition coefficient (Wildman–Crippen LogP) is 1.73. The summed E-state index contributed by atoms with van der Waals surface area (Å²) in [6.45, 7) is 1.80. The fraction of sp³-hybridized carbons (Fsp3) is 0.571. The van der Waals surface area contributed by atoms with E-state index < -0.39 is 11.7 Å². The Balaban J connectivity index is 0.000000956. The third kappa shape index (κ3) is 4.77. The molecule has 6 heteroatoms. The van der Waals surface area contributed by atoms with Crippen LogP contribution in [0.5, 0.6) is 0 Å². The first-order chi connectivity index (χ1) is 9.47. The molecule has 0 atom stereocenters. The van der Waals surface area contributed by atoms with E-state index in [1.165, 1.54) is 0 Å². The smallest absolute Gasteiger partial charge is 0.400 e. The molecule has 1 aliphatic rings. The van der Waals surface area contributed by atoms with Crippen molar-refractivity contribution in [3.63, 3.8) is 0 Å². The van der Waals surface area contributed by atoms with Crippen LogP contribution in [0, 0.1) is 5.92 Å². The van der Waals surface area contributed by atoms with Crippen LogP contribution in [0.15, 0.2) is 18.2 Å². The van der Waals surface area contributed by atoms with Gasteiger partial charge in [0.05, 0.1) is 5.56 Å². The van der Waals surface area contributed by atoms with E-state index in [2.05, 4.69) is 11.1 Å². The molecule has 1 aromatic rings. The molecule has 20 heavy (non-hydrogen) atoms. The second-order valence-electron chi connectivity index (χ2n) is 4.89. The van der Waals surface area contributed by atoms with Gasteiger partial charge in [-0.2, -0.15) is 13.2 Å². The van der Waals surface area contributed by atoms with Gasteiger partial charge < -0.3 is 16.2 Å². The minimum absolute atomic E-state index is 0.350. The summed E-state index contributed by atoms with van der Waals surface area (Å²) in [6, 6.07) is 4.38. The van der Waals surface area contributed by atoms with Gasteiger partial charge in [0.15, 0.2) is 0 Å². The second kappa shape index (κ2) is 7.61. The SMILES string of the molecule is CO.[NH3+]c1ccc(CC2CCNCC2)c(C(F)(F)F)c1. The van der Waals surface area contributed by atoms with Crippen molar-refractivity contribution in [2.24, 2.45) is 5.92 Å². The number of rotatable bonds is 2. The third-order valence-electron chi connectivity index (χ3n) is 3.45. The lowest BCUT2D eigenvalue weighted by atomic mass is 9.89. The molecule has 114 valence electrons. The molecule has 0 spiro atoms. The van der Waals surface area contributed by atoms with Crippen molar-refractivity contribution in [1.82, 2.24) is 5.32 Å². The Bertz CT molecular complexity index is 415. The van der Waals surface area contributed by atoms with Gasteiger partial charge in [0.2, 0.25) is 0 Å². The first kappa shape index (κ1) is 16.9. The Kier molecular flexibility index (Phi) is 6.45. The van der Waals surface area contributed by atoms with E-state index in [1.54, 1.807) is 12.1 Å². The highest BCUT2D eigenvalue weighted by Crippen LogP contribution is 2.34. The monoisotopic (exact) mass is 291 g/mol. The van der Waals surface area contributed by atoms with Crippen molar-refractivity contribution in [1.29, 1.82) is 0 Å². The van der Waals surface area contributed by atoms with E-state index in [1.807, 2.05) is 0 Å². The van der Waals surface area contributed by atoms with Crippen molar-refractivity contribution in [2.45, 2.75) is 25.4 Å². The first-order valence-corrected chi connectivity index (χ1v) is 6.64. The van der Waals surface area contributed by atoms with Crippen LogP contribution in [-0.4, -0.2) is 25.3 Å². The van der Waals surface area contributed by atoms with Crippen LogP contribution in [0.3, 0.4) is 0 Å². The van der Waals surface area contributed by atoms with Crippen LogP contribution in [-0.2, 0) is 12.6 Å². The van der Waals surface area contributed by atoms with Gasteiger partial charge in [-0.3, -0.25) is 0 Å². The molecule has 0 radical (unpaired) electrons. The van der Waals surface area contributed by atoms with Gasteiger partial charge in [0.25, 0.3) is 0 Å². The van der Waals surface area contributed by atoms with Gasteiger partial charge in [-0.25, -0.2) is 0 Å². The van der Waals surface area contributed by atoms with E-state index in [4.69, 9.17) is 5.11 Å². The highest BCUT2D eigenvalue weighted by atomic mass is 19.4. The number of halogens is 3. The normalized spacial score (nSPS) is 16.5. The van der Waals surface area contributed by atoms with E-state index in [-0.39, 0.29) is 0 Å². The molecule has 1 heterocycles. The molecular weight excluding hydrogens is 269 g/mol. The van der Waals surface area contributed by atoms with E-state index in [9.17, 15) is 13.2 Å². The largest absolute Gasteiger partial charge is 0.416 e. The number of aliphatic hydroxyl groups is 1. The zero-order chi connectivity index (χ0) is 15.2. The second-order valence-corrected chi connectivity index (χ2v) is 4.89. The molecule has 0 unspecified atom stereocenters. The summed E-state index contributed by atoms with van der Waals surface area (Å²) in [4.78, 5) is 0. The topological polar surface area (TPSA) is 59.9 Å². The lowest BCUT2D eigenvalue weighted by Gasteiger charge is -2.24. The molecule has 2 rings (SSSR count). The zero-order valence-electron chi connectivity index (χ0n) is 11.6. The minimum atomic E-state index is -4.28. The molecule has 1 aromatic carbocycles. The van der Waals surface area contributed by atoms with Gasteiger partial charge in [-0.1, -0.05) is 6.07 Å². The van der Waals surface area contributed by atoms with Crippen molar-refractivity contribution in [3.8, 4) is 0 Å². The number of quaternary nitrogens is 1. The summed E-state index contributed by atoms with van der Waals surface area (Å²) in [5.41, 5.74) is 3.87. The highest BCUT2D eigenvalue weighted by molar-refractivity contribution is 5.40. The van der Waals surface area contributed by atoms with Crippen molar-refractivity contribution >= 4 is 5.69 Å². The highest BCUT2D eigenvalue weighted by Gasteiger charge is 2.34. The molecule has 1 aliphatic heterocycles. The molecule has 0 aliphatic carbocycles. The number of alkyl halides is 3. The van der Waals surface area contributed by atoms with Crippen molar-refractivity contribution in [2.75, 3.05) is 20.2 Å². The Morgan fingerprint density at radius 2 is 1.85 bits per heavy atom. The summed E-state index contributed by atoms with van der Waals surface area (Å²) in [5.74, 6) is 0.350. The minimum Gasteiger partial charge on any atom is -0.400 e. The maximum Gasteiger partial charge on any atom is 0.416 e. The molecule has 1 saturated heterocycles. The average Bonchev–Trinajstić information content (AvgIpc) is 2.43. The molecular formula is C14H22F3N2O+. The average molecular weight is 291 g/mol. The Hall–Kier alpha value is -1.11. The number of hydrogen-bond donors (Lipinski definition) is 3. The van der Waals surface area contributed by atoms with Crippen LogP contribution >= 0.6 is 0 Å². The van der Waals surface area contributed by atoms with Crippen LogP contribution in [0.25, 0.3) is 0 Å². The molecule has 3 nitrogen and oxygen atoms in total. The Morgan fingerprint density at radius 3 is 2.40 bits per heavy atom. The molecule has 0 amide bonds. The lowest BCUT2D eigenvalue weighted by Crippen LogP contribution is -2.40. The standard InChI is InChI=1S/C13H17F3N2.CH4O/c14-13(15,16)12-8-11(17)2-1-10(12)7-9-3-5-18-6-4-9;1-2/h1-2,8-9,18H,3-7,17H2;2H,1H3/p+1. The number of piperidine rings is 1. The molecule has 0 saturated carbocycles. The number of benzene rings is 1. The Labute approximate surface area is 117 Å². The molecule has 0 aromatic heterocycles. The van der Waals surface area contributed by atoms with E-state index in [0.717, 1.165) is 39.1 Å². The quantitative estimate of drug-likeness (QED) is 0.777. The molecule has 5 N–H and O–H groups in total.